The number of hydrogen-bond donors (Lipinski definition) is 1. The van der Waals surface area contributed by atoms with Gasteiger partial charge in [-0.15, -0.1) is 12.4 Å². The fourth-order valence-corrected chi connectivity index (χ4v) is 5.82. The number of halogens is 3. The zero-order valence-corrected chi connectivity index (χ0v) is 23.6. The maximum absolute atomic E-state index is 13.9. The van der Waals surface area contributed by atoms with E-state index in [1.807, 2.05) is 30.3 Å². The Balaban J connectivity index is 0.00000353. The Labute approximate surface area is 244 Å². The molecule has 2 saturated heterocycles. The minimum absolute atomic E-state index is 0. The van der Waals surface area contributed by atoms with Crippen LogP contribution in [0.25, 0.3) is 0 Å². The third-order valence-corrected chi connectivity index (χ3v) is 8.27. The molecule has 0 spiro atoms. The Kier molecular flexibility index (Phi) is 8.88. The number of nitrogens with zero attached hydrogens (tertiary/aromatic N) is 3. The first-order chi connectivity index (χ1) is 18.4. The monoisotopic (exact) mass is 582 g/mol. The third-order valence-electron chi connectivity index (χ3n) is 7.77. The van der Waals surface area contributed by atoms with Crippen molar-refractivity contribution in [3.8, 4) is 6.07 Å². The van der Waals surface area contributed by atoms with E-state index in [9.17, 15) is 14.9 Å². The summed E-state index contributed by atoms with van der Waals surface area (Å²) >= 11 is 12.2. The molecule has 0 bridgehead atoms. The Morgan fingerprint density at radius 3 is 1.85 bits per heavy atom. The highest BCUT2D eigenvalue weighted by molar-refractivity contribution is 6.31. The second-order valence-corrected chi connectivity index (χ2v) is 10.8. The van der Waals surface area contributed by atoms with Gasteiger partial charge in [0, 0.05) is 16.6 Å². The largest absolute Gasteiger partial charge is 0.325 e. The standard InChI is InChI=1S/C30H28Cl2N4O2.ClH/c31-25-11-7-23(8-12-25)30(24-9-13-26(32)14-10-24)27(37)36(28(38)34-30)18-4-17-35-19-15-29(21-33,16-20-35)22-5-2-1-3-6-22;/h1-3,5-14H,4,15-20H2,(H,34,38);1H. The molecule has 9 heteroatoms. The molecule has 3 aromatic carbocycles. The number of urea groups is 1. The van der Waals surface area contributed by atoms with E-state index in [0.717, 1.165) is 38.0 Å². The first-order valence-electron chi connectivity index (χ1n) is 12.7. The molecule has 5 rings (SSSR count). The quantitative estimate of drug-likeness (QED) is 0.338. The number of likely N-dealkylation sites (tertiary alicyclic amines) is 1. The van der Waals surface area contributed by atoms with Crippen LogP contribution in [0.4, 0.5) is 4.79 Å². The summed E-state index contributed by atoms with van der Waals surface area (Å²) in [6.07, 6.45) is 2.15. The molecule has 0 aromatic heterocycles. The third kappa shape index (κ3) is 5.50. The van der Waals surface area contributed by atoms with Crippen LogP contribution in [-0.4, -0.2) is 47.9 Å². The second kappa shape index (κ2) is 12.0. The van der Waals surface area contributed by atoms with E-state index in [2.05, 4.69) is 16.3 Å². The molecule has 2 heterocycles. The minimum Gasteiger partial charge on any atom is -0.315 e. The molecule has 0 radical (unpaired) electrons. The molecule has 0 saturated carbocycles. The van der Waals surface area contributed by atoms with Crippen LogP contribution < -0.4 is 5.32 Å². The highest BCUT2D eigenvalue weighted by Gasteiger charge is 2.53. The molecule has 3 aromatic rings. The van der Waals surface area contributed by atoms with Crippen LogP contribution in [0.5, 0.6) is 0 Å². The number of amides is 3. The highest BCUT2D eigenvalue weighted by atomic mass is 35.5. The van der Waals surface area contributed by atoms with Gasteiger partial charge in [-0.1, -0.05) is 77.8 Å². The lowest BCUT2D eigenvalue weighted by molar-refractivity contribution is -0.130. The van der Waals surface area contributed by atoms with Crippen LogP contribution >= 0.6 is 35.6 Å². The maximum atomic E-state index is 13.9. The summed E-state index contributed by atoms with van der Waals surface area (Å²) in [5.41, 5.74) is 0.533. The lowest BCUT2D eigenvalue weighted by atomic mass is 9.74. The first kappa shape index (κ1) is 28.9. The van der Waals surface area contributed by atoms with Gasteiger partial charge in [0.2, 0.25) is 0 Å². The van der Waals surface area contributed by atoms with Crippen LogP contribution in [-0.2, 0) is 15.7 Å². The van der Waals surface area contributed by atoms with Gasteiger partial charge in [0.15, 0.2) is 5.54 Å². The highest BCUT2D eigenvalue weighted by Crippen LogP contribution is 2.38. The lowest BCUT2D eigenvalue weighted by Crippen LogP contribution is -2.45. The van der Waals surface area contributed by atoms with Crippen LogP contribution in [0.15, 0.2) is 78.9 Å². The molecular formula is C30H29Cl3N4O2. The molecule has 3 amide bonds. The molecule has 2 aliphatic heterocycles. The van der Waals surface area contributed by atoms with Crippen molar-refractivity contribution in [3.63, 3.8) is 0 Å². The summed E-state index contributed by atoms with van der Waals surface area (Å²) < 4.78 is 0. The molecule has 39 heavy (non-hydrogen) atoms. The van der Waals surface area contributed by atoms with Gasteiger partial charge in [0.25, 0.3) is 5.91 Å². The first-order valence-corrected chi connectivity index (χ1v) is 13.5. The van der Waals surface area contributed by atoms with Gasteiger partial charge in [0.1, 0.15) is 0 Å². The van der Waals surface area contributed by atoms with Crippen molar-refractivity contribution in [3.05, 3.63) is 106 Å². The van der Waals surface area contributed by atoms with Gasteiger partial charge in [-0.25, -0.2) is 4.79 Å². The number of imide groups is 1. The molecule has 0 unspecified atom stereocenters. The van der Waals surface area contributed by atoms with Crippen LogP contribution in [0.2, 0.25) is 10.0 Å². The van der Waals surface area contributed by atoms with Gasteiger partial charge < -0.3 is 10.2 Å². The van der Waals surface area contributed by atoms with Crippen molar-refractivity contribution in [2.45, 2.75) is 30.2 Å². The van der Waals surface area contributed by atoms with Gasteiger partial charge in [-0.3, -0.25) is 9.69 Å². The SMILES string of the molecule is Cl.N#CC1(c2ccccc2)CCN(CCCN2C(=O)NC(c3ccc(Cl)cc3)(c3ccc(Cl)cc3)C2=O)CC1. The number of piperidine rings is 1. The number of rotatable bonds is 7. The predicted molar refractivity (Wildman–Crippen MR) is 155 cm³/mol. The average Bonchev–Trinajstić information content (AvgIpc) is 3.20. The summed E-state index contributed by atoms with van der Waals surface area (Å²) in [5, 5.41) is 14.0. The van der Waals surface area contributed by atoms with E-state index >= 15 is 0 Å². The smallest absolute Gasteiger partial charge is 0.315 e. The van der Waals surface area contributed by atoms with Crippen LogP contribution in [0.1, 0.15) is 36.0 Å². The summed E-state index contributed by atoms with van der Waals surface area (Å²) in [4.78, 5) is 30.6. The summed E-state index contributed by atoms with van der Waals surface area (Å²) in [6.45, 7) is 2.62. The van der Waals surface area contributed by atoms with E-state index < -0.39 is 17.0 Å². The number of nitriles is 1. The van der Waals surface area contributed by atoms with E-state index in [0.29, 0.717) is 34.1 Å². The Morgan fingerprint density at radius 2 is 1.33 bits per heavy atom. The number of hydrogen-bond acceptors (Lipinski definition) is 4. The molecule has 2 fully saturated rings. The predicted octanol–water partition coefficient (Wildman–Crippen LogP) is 6.16. The summed E-state index contributed by atoms with van der Waals surface area (Å²) in [5.74, 6) is -0.321. The van der Waals surface area contributed by atoms with Crippen LogP contribution in [0, 0.1) is 11.3 Å². The molecular weight excluding hydrogens is 555 g/mol. The van der Waals surface area contributed by atoms with Crippen LogP contribution in [0.3, 0.4) is 0 Å². The van der Waals surface area contributed by atoms with Crippen molar-refractivity contribution >= 4 is 47.5 Å². The zero-order valence-electron chi connectivity index (χ0n) is 21.3. The van der Waals surface area contributed by atoms with E-state index in [1.54, 1.807) is 48.5 Å². The van der Waals surface area contributed by atoms with Gasteiger partial charge in [-0.05, 0) is 79.9 Å². The molecule has 202 valence electrons. The fraction of sp³-hybridized carbons (Fsp3) is 0.300. The number of nitrogens with one attached hydrogen (secondary N) is 1. The normalized spacial score (nSPS) is 18.2. The average molecular weight is 584 g/mol. The van der Waals surface area contributed by atoms with Gasteiger partial charge in [-0.2, -0.15) is 5.26 Å². The minimum atomic E-state index is -1.35. The molecule has 0 atom stereocenters. The topological polar surface area (TPSA) is 76.4 Å². The second-order valence-electron chi connectivity index (χ2n) is 9.91. The zero-order chi connectivity index (χ0) is 26.8. The van der Waals surface area contributed by atoms with Crippen molar-refractivity contribution in [2.75, 3.05) is 26.2 Å². The Bertz CT molecular complexity index is 1300. The van der Waals surface area contributed by atoms with Crippen molar-refractivity contribution < 1.29 is 9.59 Å². The van der Waals surface area contributed by atoms with Gasteiger partial charge >= 0.3 is 6.03 Å². The number of benzene rings is 3. The summed E-state index contributed by atoms with van der Waals surface area (Å²) in [6, 6.07) is 26.0. The van der Waals surface area contributed by atoms with Crippen molar-refractivity contribution in [2.24, 2.45) is 0 Å². The van der Waals surface area contributed by atoms with Crippen molar-refractivity contribution in [1.29, 1.82) is 5.26 Å². The maximum Gasteiger partial charge on any atom is 0.325 e. The Hall–Kier alpha value is -3.08. The molecule has 1 N–H and O–H groups in total. The summed E-state index contributed by atoms with van der Waals surface area (Å²) in [7, 11) is 0. The van der Waals surface area contributed by atoms with E-state index in [-0.39, 0.29) is 18.3 Å². The number of carbonyl (C=O) groups is 2. The Morgan fingerprint density at radius 1 is 0.795 bits per heavy atom. The molecule has 0 aliphatic carbocycles. The lowest BCUT2D eigenvalue weighted by Gasteiger charge is -2.37. The van der Waals surface area contributed by atoms with E-state index in [1.165, 1.54) is 4.90 Å². The van der Waals surface area contributed by atoms with E-state index in [4.69, 9.17) is 23.2 Å². The molecule has 2 aliphatic rings. The molecule has 6 nitrogen and oxygen atoms in total. The van der Waals surface area contributed by atoms with Crippen molar-refractivity contribution in [1.82, 2.24) is 15.1 Å². The fourth-order valence-electron chi connectivity index (χ4n) is 5.57. The van der Waals surface area contributed by atoms with Gasteiger partial charge in [0.05, 0.1) is 11.5 Å². The number of carbonyl (C=O) groups excluding carboxylic acids is 2.